The van der Waals surface area contributed by atoms with Crippen LogP contribution >= 0.6 is 0 Å². The highest BCUT2D eigenvalue weighted by atomic mass is 16.5. The van der Waals surface area contributed by atoms with Gasteiger partial charge in [0.15, 0.2) is 0 Å². The second kappa shape index (κ2) is 8.21. The van der Waals surface area contributed by atoms with E-state index in [1.165, 1.54) is 6.08 Å². The van der Waals surface area contributed by atoms with E-state index in [0.29, 0.717) is 17.7 Å². The zero-order valence-electron chi connectivity index (χ0n) is 12.6. The Morgan fingerprint density at radius 1 is 1.38 bits per heavy atom. The summed E-state index contributed by atoms with van der Waals surface area (Å²) < 4.78 is 5.05. The summed E-state index contributed by atoms with van der Waals surface area (Å²) in [5.41, 5.74) is 2.09. The molecular weight excluding hydrogens is 270 g/mol. The van der Waals surface area contributed by atoms with Gasteiger partial charge in [-0.2, -0.15) is 0 Å². The van der Waals surface area contributed by atoms with Gasteiger partial charge < -0.3 is 15.2 Å². The second-order valence-electron chi connectivity index (χ2n) is 4.84. The molecule has 0 aliphatic heterocycles. The monoisotopic (exact) mass is 291 g/mol. The number of carbonyl (C=O) groups excluding carboxylic acids is 1. The molecule has 0 aromatic heterocycles. The fourth-order valence-corrected chi connectivity index (χ4v) is 1.94. The molecule has 0 saturated heterocycles. The predicted octanol–water partition coefficient (Wildman–Crippen LogP) is 2.25. The van der Waals surface area contributed by atoms with Gasteiger partial charge >= 0.3 is 5.97 Å². The van der Waals surface area contributed by atoms with Crippen LogP contribution in [0.3, 0.4) is 0 Å². The molecule has 0 fully saturated rings. The molecule has 0 spiro atoms. The molecule has 1 rings (SSSR count). The lowest BCUT2D eigenvalue weighted by molar-refractivity contribution is -0.131. The van der Waals surface area contributed by atoms with Crippen LogP contribution in [0.5, 0.6) is 0 Å². The molecule has 0 bridgehead atoms. The minimum atomic E-state index is -1.02. The number of nitrogens with one attached hydrogen (secondary N) is 1. The Morgan fingerprint density at radius 2 is 2.10 bits per heavy atom. The SMILES string of the molecule is CCC(COC)NC(=O)c1cc(C)cc(/C=C/C(=O)O)c1. The summed E-state index contributed by atoms with van der Waals surface area (Å²) in [5, 5.41) is 11.6. The van der Waals surface area contributed by atoms with Crippen molar-refractivity contribution in [2.24, 2.45) is 0 Å². The Balaban J connectivity index is 2.91. The number of carbonyl (C=O) groups is 2. The zero-order chi connectivity index (χ0) is 15.8. The Hall–Kier alpha value is -2.14. The molecule has 0 heterocycles. The van der Waals surface area contributed by atoms with Gasteiger partial charge in [-0.3, -0.25) is 4.79 Å². The van der Waals surface area contributed by atoms with Crippen LogP contribution in [0, 0.1) is 6.92 Å². The number of carboxylic acids is 1. The van der Waals surface area contributed by atoms with Gasteiger partial charge in [0.1, 0.15) is 0 Å². The minimum Gasteiger partial charge on any atom is -0.478 e. The van der Waals surface area contributed by atoms with Crippen molar-refractivity contribution in [2.45, 2.75) is 26.3 Å². The lowest BCUT2D eigenvalue weighted by atomic mass is 10.0. The van der Waals surface area contributed by atoms with Crippen LogP contribution in [-0.2, 0) is 9.53 Å². The van der Waals surface area contributed by atoms with Gasteiger partial charge in [0.2, 0.25) is 0 Å². The van der Waals surface area contributed by atoms with Gasteiger partial charge in [0.05, 0.1) is 12.6 Å². The van der Waals surface area contributed by atoms with Crippen molar-refractivity contribution in [2.75, 3.05) is 13.7 Å². The topological polar surface area (TPSA) is 75.6 Å². The second-order valence-corrected chi connectivity index (χ2v) is 4.84. The highest BCUT2D eigenvalue weighted by Gasteiger charge is 2.12. The number of aliphatic carboxylic acids is 1. The zero-order valence-corrected chi connectivity index (χ0v) is 12.6. The van der Waals surface area contributed by atoms with E-state index >= 15 is 0 Å². The molecule has 0 radical (unpaired) electrons. The Kier molecular flexibility index (Phi) is 6.62. The van der Waals surface area contributed by atoms with Crippen LogP contribution in [0.1, 0.15) is 34.8 Å². The van der Waals surface area contributed by atoms with Crippen molar-refractivity contribution in [3.8, 4) is 0 Å². The van der Waals surface area contributed by atoms with Crippen LogP contribution in [0.4, 0.5) is 0 Å². The molecule has 5 heteroatoms. The van der Waals surface area contributed by atoms with Gasteiger partial charge in [0, 0.05) is 18.7 Å². The smallest absolute Gasteiger partial charge is 0.328 e. The lowest BCUT2D eigenvalue weighted by Gasteiger charge is -2.16. The van der Waals surface area contributed by atoms with E-state index in [1.807, 2.05) is 19.9 Å². The molecular formula is C16H21NO4. The summed E-state index contributed by atoms with van der Waals surface area (Å²) in [6.45, 7) is 4.29. The number of hydrogen-bond donors (Lipinski definition) is 2. The van der Waals surface area contributed by atoms with E-state index in [2.05, 4.69) is 5.32 Å². The molecule has 5 nitrogen and oxygen atoms in total. The summed E-state index contributed by atoms with van der Waals surface area (Å²) in [4.78, 5) is 22.8. The third-order valence-corrected chi connectivity index (χ3v) is 2.98. The first-order chi connectivity index (χ1) is 9.96. The summed E-state index contributed by atoms with van der Waals surface area (Å²) in [5.74, 6) is -1.21. The average molecular weight is 291 g/mol. The third kappa shape index (κ3) is 5.79. The molecule has 1 atom stereocenters. The molecule has 0 aliphatic carbocycles. The number of methoxy groups -OCH3 is 1. The van der Waals surface area contributed by atoms with E-state index < -0.39 is 5.97 Å². The Labute approximate surface area is 124 Å². The number of aryl methyl sites for hydroxylation is 1. The lowest BCUT2D eigenvalue weighted by Crippen LogP contribution is -2.37. The number of hydrogen-bond acceptors (Lipinski definition) is 3. The van der Waals surface area contributed by atoms with E-state index in [1.54, 1.807) is 19.2 Å². The summed E-state index contributed by atoms with van der Waals surface area (Å²) in [7, 11) is 1.59. The van der Waals surface area contributed by atoms with E-state index in [9.17, 15) is 9.59 Å². The molecule has 1 aromatic carbocycles. The summed E-state index contributed by atoms with van der Waals surface area (Å²) >= 11 is 0. The maximum absolute atomic E-state index is 12.2. The van der Waals surface area contributed by atoms with Gasteiger partial charge in [0.25, 0.3) is 5.91 Å². The average Bonchev–Trinajstić information content (AvgIpc) is 2.43. The molecule has 0 aliphatic rings. The quantitative estimate of drug-likeness (QED) is 0.755. The number of ether oxygens (including phenoxy) is 1. The summed E-state index contributed by atoms with van der Waals surface area (Å²) in [6.07, 6.45) is 3.30. The largest absolute Gasteiger partial charge is 0.478 e. The van der Waals surface area contributed by atoms with Crippen LogP contribution in [0.25, 0.3) is 6.08 Å². The minimum absolute atomic E-state index is 0.0407. The van der Waals surface area contributed by atoms with E-state index in [-0.39, 0.29) is 11.9 Å². The maximum Gasteiger partial charge on any atom is 0.328 e. The first-order valence-electron chi connectivity index (χ1n) is 6.78. The number of amides is 1. The van der Waals surface area contributed by atoms with Crippen molar-refractivity contribution in [3.63, 3.8) is 0 Å². The number of rotatable bonds is 7. The fourth-order valence-electron chi connectivity index (χ4n) is 1.94. The van der Waals surface area contributed by atoms with E-state index in [0.717, 1.165) is 18.1 Å². The summed E-state index contributed by atoms with van der Waals surface area (Å²) in [6, 6.07) is 5.22. The standard InChI is InChI=1S/C16H21NO4/c1-4-14(10-21-3)17-16(20)13-8-11(2)7-12(9-13)5-6-15(18)19/h5-9,14H,4,10H2,1-3H3,(H,17,20)(H,18,19)/b6-5+. The van der Waals surface area contributed by atoms with Gasteiger partial charge in [-0.1, -0.05) is 13.0 Å². The molecule has 1 amide bonds. The fraction of sp³-hybridized carbons (Fsp3) is 0.375. The van der Waals surface area contributed by atoms with Crippen molar-refractivity contribution in [1.82, 2.24) is 5.32 Å². The highest BCUT2D eigenvalue weighted by Crippen LogP contribution is 2.12. The third-order valence-electron chi connectivity index (χ3n) is 2.98. The van der Waals surface area contributed by atoms with Gasteiger partial charge in [-0.05, 0) is 42.7 Å². The van der Waals surface area contributed by atoms with Crippen LogP contribution in [-0.4, -0.2) is 36.7 Å². The normalized spacial score (nSPS) is 12.3. The number of carboxylic acid groups (broad SMARTS) is 1. The Morgan fingerprint density at radius 3 is 2.67 bits per heavy atom. The Bertz CT molecular complexity index is 537. The van der Waals surface area contributed by atoms with E-state index in [4.69, 9.17) is 9.84 Å². The number of benzene rings is 1. The van der Waals surface area contributed by atoms with Crippen molar-refractivity contribution >= 4 is 18.0 Å². The van der Waals surface area contributed by atoms with Crippen LogP contribution in [0.15, 0.2) is 24.3 Å². The molecule has 1 unspecified atom stereocenters. The van der Waals surface area contributed by atoms with Crippen molar-refractivity contribution in [1.29, 1.82) is 0 Å². The molecule has 2 N–H and O–H groups in total. The van der Waals surface area contributed by atoms with Gasteiger partial charge in [-0.25, -0.2) is 4.79 Å². The molecule has 114 valence electrons. The maximum atomic E-state index is 12.2. The highest BCUT2D eigenvalue weighted by molar-refractivity contribution is 5.95. The molecule has 1 aromatic rings. The first kappa shape index (κ1) is 16.9. The van der Waals surface area contributed by atoms with Crippen LogP contribution < -0.4 is 5.32 Å². The van der Waals surface area contributed by atoms with Crippen molar-refractivity contribution in [3.05, 3.63) is 41.0 Å². The van der Waals surface area contributed by atoms with Crippen LogP contribution in [0.2, 0.25) is 0 Å². The van der Waals surface area contributed by atoms with Crippen molar-refractivity contribution < 1.29 is 19.4 Å². The van der Waals surface area contributed by atoms with Gasteiger partial charge in [-0.15, -0.1) is 0 Å². The first-order valence-corrected chi connectivity index (χ1v) is 6.78. The predicted molar refractivity (Wildman–Crippen MR) is 81.3 cm³/mol. The molecule has 21 heavy (non-hydrogen) atoms. The molecule has 0 saturated carbocycles.